The van der Waals surface area contributed by atoms with E-state index < -0.39 is 5.92 Å². The van der Waals surface area contributed by atoms with Gasteiger partial charge in [-0.3, -0.25) is 14.6 Å². The van der Waals surface area contributed by atoms with Gasteiger partial charge in [-0.25, -0.2) is 4.39 Å². The van der Waals surface area contributed by atoms with Gasteiger partial charge in [0.1, 0.15) is 5.82 Å². The Labute approximate surface area is 146 Å². The summed E-state index contributed by atoms with van der Waals surface area (Å²) >= 11 is 0. The van der Waals surface area contributed by atoms with Gasteiger partial charge in [-0.15, -0.1) is 0 Å². The Bertz CT molecular complexity index is 837. The molecule has 0 spiro atoms. The van der Waals surface area contributed by atoms with Gasteiger partial charge in [-0.1, -0.05) is 0 Å². The third-order valence-electron chi connectivity index (χ3n) is 4.53. The minimum absolute atomic E-state index is 0.111. The molecule has 1 aliphatic rings. The van der Waals surface area contributed by atoms with E-state index in [4.69, 9.17) is 0 Å². The van der Waals surface area contributed by atoms with Gasteiger partial charge < -0.3 is 9.80 Å². The second-order valence-electron chi connectivity index (χ2n) is 6.39. The Morgan fingerprint density at radius 1 is 1.28 bits per heavy atom. The van der Waals surface area contributed by atoms with Gasteiger partial charge in [0.15, 0.2) is 0 Å². The molecule has 5 nitrogen and oxygen atoms in total. The van der Waals surface area contributed by atoms with Gasteiger partial charge >= 0.3 is 0 Å². The van der Waals surface area contributed by atoms with E-state index in [2.05, 4.69) is 4.98 Å². The number of anilines is 2. The van der Waals surface area contributed by atoms with Gasteiger partial charge in [0, 0.05) is 43.3 Å². The van der Waals surface area contributed by atoms with Crippen LogP contribution in [-0.4, -0.2) is 30.4 Å². The normalized spacial score (nSPS) is 17.0. The van der Waals surface area contributed by atoms with E-state index in [9.17, 15) is 14.0 Å². The van der Waals surface area contributed by atoms with E-state index >= 15 is 0 Å². The highest BCUT2D eigenvalue weighted by Crippen LogP contribution is 2.28. The molecule has 3 rings (SSSR count). The predicted molar refractivity (Wildman–Crippen MR) is 94.0 cm³/mol. The second-order valence-corrected chi connectivity index (χ2v) is 6.39. The summed E-state index contributed by atoms with van der Waals surface area (Å²) in [6.45, 7) is 3.82. The lowest BCUT2D eigenvalue weighted by atomic mass is 10.1. The van der Waals surface area contributed by atoms with Crippen LogP contribution in [0.1, 0.15) is 17.7 Å². The van der Waals surface area contributed by atoms with Crippen molar-refractivity contribution in [3.8, 4) is 0 Å². The quantitative estimate of drug-likeness (QED) is 0.863. The molecular formula is C19H20FN3O2. The first-order valence-corrected chi connectivity index (χ1v) is 8.13. The first kappa shape index (κ1) is 17.1. The van der Waals surface area contributed by atoms with Crippen molar-refractivity contribution in [3.63, 3.8) is 0 Å². The summed E-state index contributed by atoms with van der Waals surface area (Å²) in [5.41, 5.74) is 2.68. The first-order chi connectivity index (χ1) is 11.9. The summed E-state index contributed by atoms with van der Waals surface area (Å²) in [4.78, 5) is 32.4. The summed E-state index contributed by atoms with van der Waals surface area (Å²) < 4.78 is 13.4. The standard InChI is InChI=1S/C19H20FN3O2/c1-12-8-16(4-5-17(12)20)23-11-14(10-18(23)24)19(25)22(3)15-6-7-21-13(2)9-15/h4-9,14H,10-11H2,1-3H3. The topological polar surface area (TPSA) is 53.5 Å². The van der Waals surface area contributed by atoms with Crippen molar-refractivity contribution in [1.82, 2.24) is 4.98 Å². The highest BCUT2D eigenvalue weighted by Gasteiger charge is 2.36. The van der Waals surface area contributed by atoms with Crippen molar-refractivity contribution >= 4 is 23.2 Å². The van der Waals surface area contributed by atoms with Gasteiger partial charge in [0.05, 0.1) is 5.92 Å². The largest absolute Gasteiger partial charge is 0.315 e. The number of rotatable bonds is 3. The second kappa shape index (κ2) is 6.63. The molecule has 1 unspecified atom stereocenters. The van der Waals surface area contributed by atoms with Gasteiger partial charge in [-0.2, -0.15) is 0 Å². The van der Waals surface area contributed by atoms with Crippen molar-refractivity contribution in [1.29, 1.82) is 0 Å². The van der Waals surface area contributed by atoms with E-state index in [1.165, 1.54) is 6.07 Å². The zero-order chi connectivity index (χ0) is 18.1. The van der Waals surface area contributed by atoms with Crippen molar-refractivity contribution < 1.29 is 14.0 Å². The summed E-state index contributed by atoms with van der Waals surface area (Å²) in [7, 11) is 1.70. The maximum absolute atomic E-state index is 13.4. The third-order valence-corrected chi connectivity index (χ3v) is 4.53. The van der Waals surface area contributed by atoms with Crippen LogP contribution < -0.4 is 9.80 Å². The zero-order valence-electron chi connectivity index (χ0n) is 14.5. The van der Waals surface area contributed by atoms with Crippen LogP contribution in [0.2, 0.25) is 0 Å². The Hall–Kier alpha value is -2.76. The minimum atomic E-state index is -0.420. The summed E-state index contributed by atoms with van der Waals surface area (Å²) in [6.07, 6.45) is 1.81. The smallest absolute Gasteiger partial charge is 0.232 e. The molecule has 0 N–H and O–H groups in total. The Morgan fingerprint density at radius 2 is 2.04 bits per heavy atom. The van der Waals surface area contributed by atoms with Crippen LogP contribution in [0.25, 0.3) is 0 Å². The average molecular weight is 341 g/mol. The fraction of sp³-hybridized carbons (Fsp3) is 0.316. The Kier molecular flexibility index (Phi) is 4.53. The van der Waals surface area contributed by atoms with E-state index in [0.717, 1.165) is 11.4 Å². The summed E-state index contributed by atoms with van der Waals surface area (Å²) in [6, 6.07) is 8.15. The number of halogens is 1. The molecule has 130 valence electrons. The van der Waals surface area contributed by atoms with Crippen LogP contribution in [0.4, 0.5) is 15.8 Å². The molecule has 2 amide bonds. The molecule has 1 fully saturated rings. The van der Waals surface area contributed by atoms with Crippen LogP contribution in [0.3, 0.4) is 0 Å². The van der Waals surface area contributed by atoms with Crippen LogP contribution in [0.15, 0.2) is 36.5 Å². The maximum atomic E-state index is 13.4. The number of carbonyl (C=O) groups is 2. The number of aromatic nitrogens is 1. The lowest BCUT2D eigenvalue weighted by Gasteiger charge is -2.22. The monoisotopic (exact) mass is 341 g/mol. The van der Waals surface area contributed by atoms with E-state index in [0.29, 0.717) is 17.8 Å². The lowest BCUT2D eigenvalue weighted by Crippen LogP contribution is -2.34. The summed E-state index contributed by atoms with van der Waals surface area (Å²) in [5, 5.41) is 0. The van der Waals surface area contributed by atoms with Crippen molar-refractivity contribution in [3.05, 3.63) is 53.6 Å². The fourth-order valence-corrected chi connectivity index (χ4v) is 3.06. The van der Waals surface area contributed by atoms with Crippen LogP contribution in [0, 0.1) is 25.6 Å². The molecule has 2 heterocycles. The zero-order valence-corrected chi connectivity index (χ0v) is 14.5. The Morgan fingerprint density at radius 3 is 2.72 bits per heavy atom. The average Bonchev–Trinajstić information content (AvgIpc) is 2.98. The molecule has 1 aromatic carbocycles. The van der Waals surface area contributed by atoms with Gasteiger partial charge in [-0.05, 0) is 49.7 Å². The number of pyridine rings is 1. The van der Waals surface area contributed by atoms with Crippen LogP contribution >= 0.6 is 0 Å². The molecule has 0 bridgehead atoms. The summed E-state index contributed by atoms with van der Waals surface area (Å²) in [5.74, 6) is -0.962. The molecule has 0 saturated carbocycles. The molecule has 1 atom stereocenters. The molecule has 2 aromatic rings. The SMILES string of the molecule is Cc1cc(N(C)C(=O)C2CC(=O)N(c3ccc(F)c(C)c3)C2)ccn1. The molecule has 1 aliphatic heterocycles. The molecule has 25 heavy (non-hydrogen) atoms. The lowest BCUT2D eigenvalue weighted by molar-refractivity contribution is -0.124. The molecule has 1 saturated heterocycles. The van der Waals surface area contributed by atoms with Gasteiger partial charge in [0.25, 0.3) is 0 Å². The molecule has 0 aliphatic carbocycles. The number of carbonyl (C=O) groups excluding carboxylic acids is 2. The van der Waals surface area contributed by atoms with Crippen LogP contribution in [-0.2, 0) is 9.59 Å². The molecule has 6 heteroatoms. The number of hydrogen-bond acceptors (Lipinski definition) is 3. The fourth-order valence-electron chi connectivity index (χ4n) is 3.06. The molecule has 0 radical (unpaired) electrons. The number of benzene rings is 1. The Balaban J connectivity index is 1.77. The number of hydrogen-bond donors (Lipinski definition) is 0. The number of nitrogens with zero attached hydrogens (tertiary/aromatic N) is 3. The van der Waals surface area contributed by atoms with E-state index in [1.807, 2.05) is 13.0 Å². The van der Waals surface area contributed by atoms with Crippen LogP contribution in [0.5, 0.6) is 0 Å². The maximum Gasteiger partial charge on any atom is 0.232 e. The highest BCUT2D eigenvalue weighted by molar-refractivity contribution is 6.04. The van der Waals surface area contributed by atoms with Crippen molar-refractivity contribution in [2.45, 2.75) is 20.3 Å². The third kappa shape index (κ3) is 3.38. The van der Waals surface area contributed by atoms with Crippen molar-refractivity contribution in [2.75, 3.05) is 23.4 Å². The first-order valence-electron chi connectivity index (χ1n) is 8.13. The van der Waals surface area contributed by atoms with E-state index in [1.54, 1.807) is 48.2 Å². The van der Waals surface area contributed by atoms with Gasteiger partial charge in [0.2, 0.25) is 11.8 Å². The molecule has 1 aromatic heterocycles. The van der Waals surface area contributed by atoms with Crippen molar-refractivity contribution in [2.24, 2.45) is 5.92 Å². The minimum Gasteiger partial charge on any atom is -0.315 e. The number of aryl methyl sites for hydroxylation is 2. The predicted octanol–water partition coefficient (Wildman–Crippen LogP) is 2.85. The number of amides is 2. The highest BCUT2D eigenvalue weighted by atomic mass is 19.1. The molecular weight excluding hydrogens is 321 g/mol. The van der Waals surface area contributed by atoms with E-state index in [-0.39, 0.29) is 24.1 Å².